The van der Waals surface area contributed by atoms with Crippen molar-refractivity contribution in [3.63, 3.8) is 0 Å². The van der Waals surface area contributed by atoms with Crippen molar-refractivity contribution in [1.82, 2.24) is 9.88 Å². The summed E-state index contributed by atoms with van der Waals surface area (Å²) < 4.78 is 20.1. The summed E-state index contributed by atoms with van der Waals surface area (Å²) in [6.07, 6.45) is 0.954. The molecule has 0 saturated carbocycles. The summed E-state index contributed by atoms with van der Waals surface area (Å²) in [5.74, 6) is -0.413. The number of benzene rings is 2. The van der Waals surface area contributed by atoms with Gasteiger partial charge in [-0.25, -0.2) is 4.39 Å². The van der Waals surface area contributed by atoms with Gasteiger partial charge < -0.3 is 10.1 Å². The molecule has 0 unspecified atom stereocenters. The minimum atomic E-state index is -0.420. The maximum absolute atomic E-state index is 13.3. The van der Waals surface area contributed by atoms with Crippen LogP contribution in [0.5, 0.6) is 5.75 Å². The minimum absolute atomic E-state index is 0.122. The van der Waals surface area contributed by atoms with Crippen LogP contribution in [-0.4, -0.2) is 30.0 Å². The summed E-state index contributed by atoms with van der Waals surface area (Å²) in [4.78, 5) is 25.6. The van der Waals surface area contributed by atoms with Crippen LogP contribution in [0.3, 0.4) is 0 Å². The number of nitrogens with one attached hydrogen (secondary N) is 1. The van der Waals surface area contributed by atoms with Gasteiger partial charge in [0, 0.05) is 23.2 Å². The molecule has 0 aliphatic carbocycles. The second kappa shape index (κ2) is 8.66. The first kappa shape index (κ1) is 20.9. The molecular formula is C22H22ClFN2O3. The Morgan fingerprint density at radius 3 is 2.52 bits per heavy atom. The molecule has 1 amide bonds. The first-order chi connectivity index (χ1) is 13.9. The van der Waals surface area contributed by atoms with Crippen LogP contribution >= 0.6 is 11.6 Å². The van der Waals surface area contributed by atoms with Gasteiger partial charge in [0.15, 0.2) is 0 Å². The zero-order valence-electron chi connectivity index (χ0n) is 16.5. The summed E-state index contributed by atoms with van der Waals surface area (Å²) in [5, 5.41) is 3.93. The number of hydrogen-bond acceptors (Lipinski definition) is 3. The molecular weight excluding hydrogens is 395 g/mol. The van der Waals surface area contributed by atoms with Gasteiger partial charge in [-0.05, 0) is 55.3 Å². The molecule has 0 aliphatic rings. The number of methoxy groups -OCH3 is 1. The first-order valence-corrected chi connectivity index (χ1v) is 9.69. The number of ether oxygens (including phenoxy) is 1. The molecule has 0 aliphatic heterocycles. The number of carbonyl (C=O) groups is 2. The number of fused-ring (bicyclic) bond motifs is 1. The van der Waals surface area contributed by atoms with Gasteiger partial charge in [0.25, 0.3) is 5.91 Å². The van der Waals surface area contributed by atoms with Crippen molar-refractivity contribution in [3.8, 4) is 5.75 Å². The molecule has 5 nitrogen and oxygen atoms in total. The largest absolute Gasteiger partial charge is 0.495 e. The molecule has 0 spiro atoms. The fourth-order valence-electron chi connectivity index (χ4n) is 3.33. The summed E-state index contributed by atoms with van der Waals surface area (Å²) in [6, 6.07) is 8.73. The molecule has 0 atom stereocenters. The highest BCUT2D eigenvalue weighted by atomic mass is 35.5. The summed E-state index contributed by atoms with van der Waals surface area (Å²) in [5.41, 5.74) is 2.26. The maximum atomic E-state index is 13.3. The summed E-state index contributed by atoms with van der Waals surface area (Å²) >= 11 is 6.30. The van der Waals surface area contributed by atoms with E-state index in [1.54, 1.807) is 19.1 Å². The SMILES string of the molecule is CCCNC(=O)Cc1c(C)n(C(=O)c2ccc(F)cc2)c2cc(Cl)c(OC)cc12. The fraction of sp³-hybridized carbons (Fsp3) is 0.273. The van der Waals surface area contributed by atoms with Crippen LogP contribution in [0.25, 0.3) is 10.9 Å². The van der Waals surface area contributed by atoms with Crippen LogP contribution in [0.1, 0.15) is 35.0 Å². The topological polar surface area (TPSA) is 60.3 Å². The molecule has 0 fully saturated rings. The van der Waals surface area contributed by atoms with Gasteiger partial charge in [-0.2, -0.15) is 0 Å². The van der Waals surface area contributed by atoms with Crippen molar-refractivity contribution in [1.29, 1.82) is 0 Å². The third-order valence-corrected chi connectivity index (χ3v) is 5.11. The minimum Gasteiger partial charge on any atom is -0.495 e. The average Bonchev–Trinajstić information content (AvgIpc) is 2.96. The number of amides is 1. The zero-order valence-corrected chi connectivity index (χ0v) is 17.3. The van der Waals surface area contributed by atoms with Crippen LogP contribution in [0.2, 0.25) is 5.02 Å². The fourth-order valence-corrected chi connectivity index (χ4v) is 3.57. The lowest BCUT2D eigenvalue weighted by Crippen LogP contribution is -2.26. The van der Waals surface area contributed by atoms with E-state index in [-0.39, 0.29) is 18.2 Å². The number of hydrogen-bond donors (Lipinski definition) is 1. The Kier molecular flexibility index (Phi) is 6.23. The highest BCUT2D eigenvalue weighted by Gasteiger charge is 2.23. The van der Waals surface area contributed by atoms with Crippen LogP contribution in [0.4, 0.5) is 4.39 Å². The second-order valence-electron chi connectivity index (χ2n) is 6.74. The molecule has 29 heavy (non-hydrogen) atoms. The number of halogens is 2. The van der Waals surface area contributed by atoms with E-state index < -0.39 is 5.82 Å². The summed E-state index contributed by atoms with van der Waals surface area (Å²) in [6.45, 7) is 4.34. The van der Waals surface area contributed by atoms with Gasteiger partial charge in [-0.1, -0.05) is 18.5 Å². The molecule has 7 heteroatoms. The van der Waals surface area contributed by atoms with Crippen LogP contribution in [0, 0.1) is 12.7 Å². The molecule has 1 aromatic heterocycles. The predicted octanol–water partition coefficient (Wildman–Crippen LogP) is 4.51. The first-order valence-electron chi connectivity index (χ1n) is 9.31. The van der Waals surface area contributed by atoms with E-state index in [4.69, 9.17) is 16.3 Å². The predicted molar refractivity (Wildman–Crippen MR) is 111 cm³/mol. The van der Waals surface area contributed by atoms with Crippen molar-refractivity contribution in [2.45, 2.75) is 26.7 Å². The van der Waals surface area contributed by atoms with E-state index >= 15 is 0 Å². The second-order valence-corrected chi connectivity index (χ2v) is 7.15. The zero-order chi connectivity index (χ0) is 21.1. The number of aromatic nitrogens is 1. The Hall–Kier alpha value is -2.86. The van der Waals surface area contributed by atoms with E-state index in [0.717, 1.165) is 12.0 Å². The van der Waals surface area contributed by atoms with Crippen molar-refractivity contribution in [2.75, 3.05) is 13.7 Å². The maximum Gasteiger partial charge on any atom is 0.262 e. The van der Waals surface area contributed by atoms with Gasteiger partial charge in [-0.15, -0.1) is 0 Å². The van der Waals surface area contributed by atoms with Crippen LogP contribution in [-0.2, 0) is 11.2 Å². The number of carbonyl (C=O) groups excluding carboxylic acids is 2. The smallest absolute Gasteiger partial charge is 0.262 e. The number of rotatable bonds is 6. The van der Waals surface area contributed by atoms with E-state index in [2.05, 4.69) is 5.32 Å². The van der Waals surface area contributed by atoms with Crippen molar-refractivity contribution < 1.29 is 18.7 Å². The molecule has 0 radical (unpaired) electrons. The van der Waals surface area contributed by atoms with Crippen molar-refractivity contribution in [3.05, 3.63) is 64.1 Å². The molecule has 0 bridgehead atoms. The van der Waals surface area contributed by atoms with E-state index in [9.17, 15) is 14.0 Å². The standard InChI is InChI=1S/C22H22ClFN2O3/c1-4-9-25-21(27)11-16-13(2)26(22(28)14-5-7-15(24)8-6-14)19-12-18(23)20(29-3)10-17(16)19/h5-8,10,12H,4,9,11H2,1-3H3,(H,25,27). The number of nitrogens with zero attached hydrogens (tertiary/aromatic N) is 1. The lowest BCUT2D eigenvalue weighted by molar-refractivity contribution is -0.120. The highest BCUT2D eigenvalue weighted by Crippen LogP contribution is 2.35. The quantitative estimate of drug-likeness (QED) is 0.643. The van der Waals surface area contributed by atoms with Gasteiger partial charge >= 0.3 is 0 Å². The summed E-state index contributed by atoms with van der Waals surface area (Å²) in [7, 11) is 1.51. The van der Waals surface area contributed by atoms with E-state index in [1.165, 1.54) is 35.9 Å². The van der Waals surface area contributed by atoms with Gasteiger partial charge in [-0.3, -0.25) is 14.2 Å². The molecule has 152 valence electrons. The normalized spacial score (nSPS) is 10.9. The Morgan fingerprint density at radius 2 is 1.90 bits per heavy atom. The third-order valence-electron chi connectivity index (χ3n) is 4.81. The molecule has 3 aromatic rings. The molecule has 1 heterocycles. The van der Waals surface area contributed by atoms with Gasteiger partial charge in [0.2, 0.25) is 5.91 Å². The van der Waals surface area contributed by atoms with E-state index in [0.29, 0.717) is 39.5 Å². The van der Waals surface area contributed by atoms with Crippen LogP contribution < -0.4 is 10.1 Å². The van der Waals surface area contributed by atoms with Gasteiger partial charge in [0.1, 0.15) is 11.6 Å². The monoisotopic (exact) mass is 416 g/mol. The highest BCUT2D eigenvalue weighted by molar-refractivity contribution is 6.33. The Morgan fingerprint density at radius 1 is 1.21 bits per heavy atom. The van der Waals surface area contributed by atoms with E-state index in [1.807, 2.05) is 6.92 Å². The lowest BCUT2D eigenvalue weighted by Gasteiger charge is -2.09. The van der Waals surface area contributed by atoms with Gasteiger partial charge in [0.05, 0.1) is 24.1 Å². The molecule has 3 rings (SSSR count). The average molecular weight is 417 g/mol. The van der Waals surface area contributed by atoms with Crippen molar-refractivity contribution >= 4 is 34.3 Å². The Labute approximate surface area is 173 Å². The lowest BCUT2D eigenvalue weighted by atomic mass is 10.1. The molecule has 1 N–H and O–H groups in total. The molecule has 0 saturated heterocycles. The van der Waals surface area contributed by atoms with Crippen molar-refractivity contribution in [2.24, 2.45) is 0 Å². The third kappa shape index (κ3) is 4.12. The molecule has 2 aromatic carbocycles. The van der Waals surface area contributed by atoms with Crippen LogP contribution in [0.15, 0.2) is 36.4 Å². The Bertz CT molecular complexity index is 1070. The Balaban J connectivity index is 2.17.